The van der Waals surface area contributed by atoms with E-state index in [1.165, 1.54) is 11.1 Å². The van der Waals surface area contributed by atoms with Gasteiger partial charge in [-0.15, -0.1) is 0 Å². The second-order valence-corrected chi connectivity index (χ2v) is 5.52. The van der Waals surface area contributed by atoms with Crippen LogP contribution in [0.5, 0.6) is 0 Å². The van der Waals surface area contributed by atoms with E-state index in [1.54, 1.807) is 17.5 Å². The van der Waals surface area contributed by atoms with Crippen LogP contribution in [0.4, 0.5) is 0 Å². The molecule has 0 fully saturated rings. The Kier molecular flexibility index (Phi) is 3.95. The van der Waals surface area contributed by atoms with Crippen molar-refractivity contribution in [2.45, 2.75) is 19.5 Å². The number of para-hydroxylation sites is 1. The zero-order chi connectivity index (χ0) is 13.8. The molecule has 3 rings (SSSR count). The van der Waals surface area contributed by atoms with Crippen molar-refractivity contribution < 1.29 is 0 Å². The van der Waals surface area contributed by atoms with Crippen LogP contribution in [0.3, 0.4) is 0 Å². The minimum absolute atomic E-state index is 0.354. The molecule has 1 N–H and O–H groups in total. The number of rotatable bonds is 5. The van der Waals surface area contributed by atoms with Crippen LogP contribution in [-0.4, -0.2) is 9.78 Å². The second-order valence-electron chi connectivity index (χ2n) is 4.74. The molecule has 1 aromatic carbocycles. The van der Waals surface area contributed by atoms with Crippen LogP contribution in [0.1, 0.15) is 24.1 Å². The van der Waals surface area contributed by atoms with Gasteiger partial charge in [-0.05, 0) is 47.0 Å². The highest BCUT2D eigenvalue weighted by atomic mass is 32.1. The van der Waals surface area contributed by atoms with Gasteiger partial charge in [0.15, 0.2) is 0 Å². The van der Waals surface area contributed by atoms with E-state index in [1.807, 2.05) is 23.0 Å². The molecular weight excluding hydrogens is 266 g/mol. The summed E-state index contributed by atoms with van der Waals surface area (Å²) in [6.07, 6.45) is 3.78. The maximum atomic E-state index is 4.31. The summed E-state index contributed by atoms with van der Waals surface area (Å²) in [6.45, 7) is 3.02. The molecule has 1 atom stereocenters. The van der Waals surface area contributed by atoms with Crippen molar-refractivity contribution in [3.05, 3.63) is 70.7 Å². The molecule has 0 aliphatic heterocycles. The van der Waals surface area contributed by atoms with Crippen molar-refractivity contribution >= 4 is 11.3 Å². The lowest BCUT2D eigenvalue weighted by atomic mass is 10.1. The van der Waals surface area contributed by atoms with E-state index in [0.717, 1.165) is 12.2 Å². The van der Waals surface area contributed by atoms with E-state index in [9.17, 15) is 0 Å². The molecule has 0 amide bonds. The largest absolute Gasteiger partial charge is 0.306 e. The summed E-state index contributed by atoms with van der Waals surface area (Å²) >= 11 is 1.74. The monoisotopic (exact) mass is 283 g/mol. The van der Waals surface area contributed by atoms with Gasteiger partial charge in [0, 0.05) is 25.0 Å². The van der Waals surface area contributed by atoms with E-state index in [4.69, 9.17) is 0 Å². The minimum atomic E-state index is 0.354. The number of nitrogens with one attached hydrogen (secondary N) is 1. The fourth-order valence-electron chi connectivity index (χ4n) is 2.20. The summed E-state index contributed by atoms with van der Waals surface area (Å²) in [6, 6.07) is 12.8. The highest BCUT2D eigenvalue weighted by molar-refractivity contribution is 7.07. The molecule has 0 aliphatic carbocycles. The Labute approximate surface area is 122 Å². The number of hydrogen-bond donors (Lipinski definition) is 1. The maximum absolute atomic E-state index is 4.31. The summed E-state index contributed by atoms with van der Waals surface area (Å²) in [5.41, 5.74) is 3.72. The fraction of sp³-hybridized carbons (Fsp3) is 0.188. The molecular formula is C16H17N3S. The average molecular weight is 283 g/mol. The number of thiophene rings is 1. The van der Waals surface area contributed by atoms with Crippen molar-refractivity contribution in [3.8, 4) is 5.69 Å². The number of nitrogens with zero attached hydrogens (tertiary/aromatic N) is 2. The first-order chi connectivity index (χ1) is 9.84. The van der Waals surface area contributed by atoms with Gasteiger partial charge in [-0.25, -0.2) is 4.68 Å². The highest BCUT2D eigenvalue weighted by Gasteiger charge is 2.08. The van der Waals surface area contributed by atoms with Crippen LogP contribution in [0.25, 0.3) is 5.69 Å². The standard InChI is InChI=1S/C16H17N3S/c1-13(15-7-10-20-12-15)17-11-14-5-2-3-6-16(14)19-9-4-8-18-19/h2-10,12-13,17H,11H2,1H3. The smallest absolute Gasteiger partial charge is 0.0690 e. The highest BCUT2D eigenvalue weighted by Crippen LogP contribution is 2.18. The van der Waals surface area contributed by atoms with Crippen LogP contribution in [0.2, 0.25) is 0 Å². The van der Waals surface area contributed by atoms with E-state index in [0.29, 0.717) is 6.04 Å². The molecule has 2 aromatic heterocycles. The third kappa shape index (κ3) is 2.81. The van der Waals surface area contributed by atoms with Crippen molar-refractivity contribution in [1.29, 1.82) is 0 Å². The Hall–Kier alpha value is -1.91. The van der Waals surface area contributed by atoms with Gasteiger partial charge in [0.05, 0.1) is 5.69 Å². The molecule has 0 spiro atoms. The Morgan fingerprint density at radius 3 is 2.90 bits per heavy atom. The molecule has 3 nitrogen and oxygen atoms in total. The lowest BCUT2D eigenvalue weighted by molar-refractivity contribution is 0.574. The number of hydrogen-bond acceptors (Lipinski definition) is 3. The average Bonchev–Trinajstić information content (AvgIpc) is 3.17. The normalized spacial score (nSPS) is 12.4. The molecule has 0 aliphatic rings. The van der Waals surface area contributed by atoms with E-state index in [-0.39, 0.29) is 0 Å². The Morgan fingerprint density at radius 1 is 1.25 bits per heavy atom. The molecule has 20 heavy (non-hydrogen) atoms. The van der Waals surface area contributed by atoms with Crippen LogP contribution < -0.4 is 5.32 Å². The third-order valence-electron chi connectivity index (χ3n) is 3.38. The summed E-state index contributed by atoms with van der Waals surface area (Å²) in [5, 5.41) is 12.2. The van der Waals surface area contributed by atoms with Crippen molar-refractivity contribution in [1.82, 2.24) is 15.1 Å². The predicted molar refractivity (Wildman–Crippen MR) is 83.1 cm³/mol. The number of aromatic nitrogens is 2. The van der Waals surface area contributed by atoms with E-state index >= 15 is 0 Å². The van der Waals surface area contributed by atoms with Crippen LogP contribution in [-0.2, 0) is 6.54 Å². The topological polar surface area (TPSA) is 29.9 Å². The molecule has 4 heteroatoms. The van der Waals surface area contributed by atoms with Gasteiger partial charge in [-0.1, -0.05) is 18.2 Å². The first kappa shape index (κ1) is 13.1. The van der Waals surface area contributed by atoms with Gasteiger partial charge < -0.3 is 5.32 Å². The molecule has 0 saturated heterocycles. The fourth-order valence-corrected chi connectivity index (χ4v) is 2.95. The molecule has 0 radical (unpaired) electrons. The van der Waals surface area contributed by atoms with Gasteiger partial charge >= 0.3 is 0 Å². The minimum Gasteiger partial charge on any atom is -0.306 e. The summed E-state index contributed by atoms with van der Waals surface area (Å²) < 4.78 is 1.91. The van der Waals surface area contributed by atoms with Gasteiger partial charge in [0.1, 0.15) is 0 Å². The zero-order valence-electron chi connectivity index (χ0n) is 11.4. The van der Waals surface area contributed by atoms with Crippen LogP contribution >= 0.6 is 11.3 Å². The summed E-state index contributed by atoms with van der Waals surface area (Å²) in [4.78, 5) is 0. The quantitative estimate of drug-likeness (QED) is 0.772. The Morgan fingerprint density at radius 2 is 2.15 bits per heavy atom. The predicted octanol–water partition coefficient (Wildman–Crippen LogP) is 3.78. The SMILES string of the molecule is CC(NCc1ccccc1-n1cccn1)c1ccsc1. The molecule has 102 valence electrons. The second kappa shape index (κ2) is 6.03. The maximum Gasteiger partial charge on any atom is 0.0690 e. The summed E-state index contributed by atoms with van der Waals surface area (Å²) in [5.74, 6) is 0. The van der Waals surface area contributed by atoms with E-state index < -0.39 is 0 Å². The molecule has 2 heterocycles. The third-order valence-corrected chi connectivity index (χ3v) is 4.09. The lowest BCUT2D eigenvalue weighted by Gasteiger charge is -2.15. The van der Waals surface area contributed by atoms with Gasteiger partial charge in [0.25, 0.3) is 0 Å². The Bertz CT molecular complexity index is 644. The molecule has 0 bridgehead atoms. The lowest BCUT2D eigenvalue weighted by Crippen LogP contribution is -2.18. The van der Waals surface area contributed by atoms with Crippen molar-refractivity contribution in [2.24, 2.45) is 0 Å². The zero-order valence-corrected chi connectivity index (χ0v) is 12.2. The van der Waals surface area contributed by atoms with Gasteiger partial charge in [-0.2, -0.15) is 16.4 Å². The first-order valence-electron chi connectivity index (χ1n) is 6.68. The van der Waals surface area contributed by atoms with Crippen LogP contribution in [0, 0.1) is 0 Å². The molecule has 1 unspecified atom stereocenters. The molecule has 3 aromatic rings. The molecule has 0 saturated carbocycles. The first-order valence-corrected chi connectivity index (χ1v) is 7.62. The Balaban J connectivity index is 1.75. The van der Waals surface area contributed by atoms with E-state index in [2.05, 4.69) is 52.4 Å². The van der Waals surface area contributed by atoms with Gasteiger partial charge in [-0.3, -0.25) is 0 Å². The van der Waals surface area contributed by atoms with Crippen molar-refractivity contribution in [3.63, 3.8) is 0 Å². The van der Waals surface area contributed by atoms with Crippen molar-refractivity contribution in [2.75, 3.05) is 0 Å². The van der Waals surface area contributed by atoms with Gasteiger partial charge in [0.2, 0.25) is 0 Å². The summed E-state index contributed by atoms with van der Waals surface area (Å²) in [7, 11) is 0. The van der Waals surface area contributed by atoms with Crippen LogP contribution in [0.15, 0.2) is 59.6 Å². The number of benzene rings is 1.